The highest BCUT2D eigenvalue weighted by atomic mass is 127. The van der Waals surface area contributed by atoms with E-state index in [1.165, 1.54) is 0 Å². The highest BCUT2D eigenvalue weighted by Gasteiger charge is 2.42. The fourth-order valence-electron chi connectivity index (χ4n) is 4.50. The van der Waals surface area contributed by atoms with Crippen molar-refractivity contribution in [1.82, 2.24) is 10.2 Å². The molecule has 0 unspecified atom stereocenters. The van der Waals surface area contributed by atoms with Crippen LogP contribution in [0.3, 0.4) is 0 Å². The molecule has 0 aromatic heterocycles. The molecule has 3 N–H and O–H groups in total. The molecule has 182 valence electrons. The van der Waals surface area contributed by atoms with Gasteiger partial charge in [0, 0.05) is 38.1 Å². The Hall–Kier alpha value is -1.69. The van der Waals surface area contributed by atoms with Gasteiger partial charge < -0.3 is 29.9 Å². The van der Waals surface area contributed by atoms with Gasteiger partial charge in [0.15, 0.2) is 0 Å². The highest BCUT2D eigenvalue weighted by molar-refractivity contribution is 14.1. The quantitative estimate of drug-likeness (QED) is 0.370. The number of nitrogens with one attached hydrogen (secondary N) is 1. The largest absolute Gasteiger partial charge is 0.482 e. The monoisotopic (exact) mass is 572 g/mol. The number of carbonyl (C=O) groups is 2. The smallest absolute Gasteiger partial charge is 0.247 e. The van der Waals surface area contributed by atoms with Gasteiger partial charge in [-0.3, -0.25) is 9.59 Å². The third-order valence-corrected chi connectivity index (χ3v) is 7.13. The van der Waals surface area contributed by atoms with Gasteiger partial charge in [0.2, 0.25) is 11.8 Å². The summed E-state index contributed by atoms with van der Waals surface area (Å²) in [6, 6.07) is 6.82. The Morgan fingerprint density at radius 3 is 2.64 bits per heavy atom. The van der Waals surface area contributed by atoms with Crippen molar-refractivity contribution in [2.45, 2.75) is 50.4 Å². The van der Waals surface area contributed by atoms with Crippen LogP contribution in [0.1, 0.15) is 32.1 Å². The van der Waals surface area contributed by atoms with Crippen molar-refractivity contribution in [2.24, 2.45) is 5.92 Å². The fourth-order valence-corrected chi connectivity index (χ4v) is 5.02. The highest BCUT2D eigenvalue weighted by Crippen LogP contribution is 2.32. The number of hydrogen-bond acceptors (Lipinski definition) is 6. The molecule has 33 heavy (non-hydrogen) atoms. The molecule has 3 atom stereocenters. The number of rotatable bonds is 10. The van der Waals surface area contributed by atoms with E-state index >= 15 is 0 Å². The van der Waals surface area contributed by atoms with Crippen molar-refractivity contribution in [2.75, 3.05) is 33.4 Å². The van der Waals surface area contributed by atoms with Gasteiger partial charge in [-0.2, -0.15) is 0 Å². The molecule has 1 aromatic rings. The van der Waals surface area contributed by atoms with Crippen LogP contribution in [0, 0.1) is 9.49 Å². The van der Waals surface area contributed by atoms with E-state index in [0.29, 0.717) is 24.5 Å². The Kier molecular flexibility index (Phi) is 9.96. The number of hydrogen-bond donors (Lipinski definition) is 3. The number of nitrogens with zero attached hydrogens (tertiary/aromatic N) is 1. The minimum Gasteiger partial charge on any atom is -0.482 e. The lowest BCUT2D eigenvalue weighted by Gasteiger charge is -2.41. The van der Waals surface area contributed by atoms with Gasteiger partial charge in [-0.1, -0.05) is 25.0 Å². The first-order valence-corrected chi connectivity index (χ1v) is 12.5. The second-order valence-corrected chi connectivity index (χ2v) is 9.61. The van der Waals surface area contributed by atoms with Crippen LogP contribution in [0.4, 0.5) is 0 Å². The van der Waals surface area contributed by atoms with E-state index in [9.17, 15) is 14.7 Å². The van der Waals surface area contributed by atoms with Crippen LogP contribution in [0.15, 0.2) is 35.9 Å². The molecule has 2 aliphatic rings. The molecule has 0 saturated heterocycles. The number of amides is 2. The van der Waals surface area contributed by atoms with Gasteiger partial charge in [-0.05, 0) is 53.6 Å². The summed E-state index contributed by atoms with van der Waals surface area (Å²) in [7, 11) is 1.58. The van der Waals surface area contributed by atoms with Crippen LogP contribution in [0.5, 0.6) is 5.75 Å². The first-order chi connectivity index (χ1) is 16.0. The van der Waals surface area contributed by atoms with Gasteiger partial charge >= 0.3 is 0 Å². The third kappa shape index (κ3) is 6.68. The van der Waals surface area contributed by atoms with Crippen LogP contribution in [0.25, 0.3) is 0 Å². The standard InChI is InChI=1S/C24H33IN2O6/c1-32-13-11-27(24(31)16-6-2-3-7-16)19-14-17(23(30)26-10-12-28)15-21(22(19)29)33-20-9-5-4-8-18(20)25/h4-5,8-9,15-16,19,21-22,28-29H,2-3,6-7,10-14H2,1H3,(H,26,30)/t19-,21+,22+/m1/s1. The van der Waals surface area contributed by atoms with Crippen molar-refractivity contribution in [3.8, 4) is 5.75 Å². The maximum absolute atomic E-state index is 13.4. The summed E-state index contributed by atoms with van der Waals surface area (Å²) in [5.41, 5.74) is 0.427. The average molecular weight is 572 g/mol. The average Bonchev–Trinajstić information content (AvgIpc) is 3.36. The van der Waals surface area contributed by atoms with E-state index < -0.39 is 18.2 Å². The molecule has 0 spiro atoms. The number of ether oxygens (including phenoxy) is 2. The Balaban J connectivity index is 1.91. The van der Waals surface area contributed by atoms with Crippen LogP contribution >= 0.6 is 22.6 Å². The summed E-state index contributed by atoms with van der Waals surface area (Å²) in [6.07, 6.45) is 3.73. The molecule has 9 heteroatoms. The zero-order valence-corrected chi connectivity index (χ0v) is 21.1. The minimum absolute atomic E-state index is 0.00124. The summed E-state index contributed by atoms with van der Waals surface area (Å²) < 4.78 is 12.3. The molecule has 2 amide bonds. The van der Waals surface area contributed by atoms with Gasteiger partial charge in [0.1, 0.15) is 18.0 Å². The second-order valence-electron chi connectivity index (χ2n) is 8.45. The van der Waals surface area contributed by atoms with Crippen molar-refractivity contribution >= 4 is 34.4 Å². The molecule has 1 aromatic carbocycles. The minimum atomic E-state index is -1.02. The van der Waals surface area contributed by atoms with Crippen molar-refractivity contribution in [3.05, 3.63) is 39.5 Å². The second kappa shape index (κ2) is 12.7. The Labute approximate surface area is 208 Å². The molecule has 0 radical (unpaired) electrons. The predicted octanol–water partition coefficient (Wildman–Crippen LogP) is 1.87. The summed E-state index contributed by atoms with van der Waals surface area (Å²) in [5.74, 6) is 0.191. The molecule has 0 heterocycles. The molecular weight excluding hydrogens is 539 g/mol. The van der Waals surface area contributed by atoms with Crippen molar-refractivity contribution < 1.29 is 29.3 Å². The van der Waals surface area contributed by atoms with E-state index in [0.717, 1.165) is 29.3 Å². The van der Waals surface area contributed by atoms with E-state index in [4.69, 9.17) is 14.6 Å². The molecule has 2 aliphatic carbocycles. The van der Waals surface area contributed by atoms with E-state index in [-0.39, 0.29) is 37.3 Å². The Bertz CT molecular complexity index is 842. The normalized spacial score (nSPS) is 23.2. The van der Waals surface area contributed by atoms with Crippen molar-refractivity contribution in [3.63, 3.8) is 0 Å². The maximum Gasteiger partial charge on any atom is 0.247 e. The lowest BCUT2D eigenvalue weighted by atomic mass is 9.87. The number of halogens is 1. The fraction of sp³-hybridized carbons (Fsp3) is 0.583. The maximum atomic E-state index is 13.4. The first kappa shape index (κ1) is 25.9. The molecule has 8 nitrogen and oxygen atoms in total. The first-order valence-electron chi connectivity index (χ1n) is 11.4. The lowest BCUT2D eigenvalue weighted by molar-refractivity contribution is -0.143. The van der Waals surface area contributed by atoms with E-state index in [2.05, 4.69) is 27.9 Å². The zero-order chi connectivity index (χ0) is 23.8. The van der Waals surface area contributed by atoms with Crippen LogP contribution in [0.2, 0.25) is 0 Å². The number of benzene rings is 1. The summed E-state index contributed by atoms with van der Waals surface area (Å²) in [6.45, 7) is 0.613. The van der Waals surface area contributed by atoms with Gasteiger partial charge in [0.25, 0.3) is 0 Å². The topological polar surface area (TPSA) is 108 Å². The summed E-state index contributed by atoms with van der Waals surface area (Å²) >= 11 is 2.16. The number of aliphatic hydroxyl groups excluding tert-OH is 2. The van der Waals surface area contributed by atoms with Gasteiger partial charge in [0.05, 0.1) is 22.8 Å². The van der Waals surface area contributed by atoms with Crippen molar-refractivity contribution in [1.29, 1.82) is 0 Å². The lowest BCUT2D eigenvalue weighted by Crippen LogP contribution is -2.56. The molecule has 0 bridgehead atoms. The van der Waals surface area contributed by atoms with Gasteiger partial charge in [-0.25, -0.2) is 0 Å². The number of para-hydroxylation sites is 1. The Morgan fingerprint density at radius 2 is 1.97 bits per heavy atom. The number of aliphatic hydroxyl groups is 2. The molecular formula is C24H33IN2O6. The SMILES string of the molecule is COCCN(C(=O)C1CCCC1)[C@@H]1CC(C(=O)NCCO)=C[C@H](Oc2ccccc2I)[C@H]1O. The zero-order valence-electron chi connectivity index (χ0n) is 18.9. The van der Waals surface area contributed by atoms with Crippen LogP contribution < -0.4 is 10.1 Å². The Morgan fingerprint density at radius 1 is 1.24 bits per heavy atom. The number of methoxy groups -OCH3 is 1. The van der Waals surface area contributed by atoms with Gasteiger partial charge in [-0.15, -0.1) is 0 Å². The molecule has 1 saturated carbocycles. The van der Waals surface area contributed by atoms with Crippen LogP contribution in [-0.4, -0.2) is 78.6 Å². The predicted molar refractivity (Wildman–Crippen MR) is 132 cm³/mol. The summed E-state index contributed by atoms with van der Waals surface area (Å²) in [4.78, 5) is 27.9. The third-order valence-electron chi connectivity index (χ3n) is 6.24. The van der Waals surface area contributed by atoms with Crippen LogP contribution in [-0.2, 0) is 14.3 Å². The number of carbonyl (C=O) groups excluding carboxylic acids is 2. The molecule has 3 rings (SSSR count). The molecule has 1 fully saturated rings. The van der Waals surface area contributed by atoms with E-state index in [1.807, 2.05) is 24.3 Å². The van der Waals surface area contributed by atoms with E-state index in [1.54, 1.807) is 18.1 Å². The molecule has 0 aliphatic heterocycles. The summed E-state index contributed by atoms with van der Waals surface area (Å²) in [5, 5.41) is 23.1.